The van der Waals surface area contributed by atoms with Gasteiger partial charge in [-0.2, -0.15) is 5.48 Å². The topological polar surface area (TPSA) is 21.3 Å². The molecular formula is C5H11NO. The Labute approximate surface area is 44.1 Å². The van der Waals surface area contributed by atoms with Gasteiger partial charge in [0.15, 0.2) is 0 Å². The molecule has 0 aromatic carbocycles. The van der Waals surface area contributed by atoms with Gasteiger partial charge in [0, 0.05) is 7.05 Å². The van der Waals surface area contributed by atoms with E-state index in [9.17, 15) is 0 Å². The molecule has 0 rings (SSSR count). The van der Waals surface area contributed by atoms with Crippen LogP contribution in [0.25, 0.3) is 0 Å². The summed E-state index contributed by atoms with van der Waals surface area (Å²) in [6, 6.07) is 0. The molecule has 0 aromatic rings. The lowest BCUT2D eigenvalue weighted by atomic mass is 10.4. The van der Waals surface area contributed by atoms with E-state index in [2.05, 4.69) is 10.3 Å². The number of rotatable bonds is 2. The number of hydrogen-bond acceptors (Lipinski definition) is 2. The van der Waals surface area contributed by atoms with Crippen molar-refractivity contribution in [2.75, 3.05) is 7.05 Å². The fraction of sp³-hybridized carbons (Fsp3) is 0.600. The van der Waals surface area contributed by atoms with Crippen molar-refractivity contribution >= 4 is 0 Å². The molecule has 42 valence electrons. The Hall–Kier alpha value is -0.500. The maximum Gasteiger partial charge on any atom is 0.109 e. The van der Waals surface area contributed by atoms with Gasteiger partial charge in [-0.3, -0.25) is 0 Å². The second-order valence-corrected chi connectivity index (χ2v) is 1.52. The highest BCUT2D eigenvalue weighted by molar-refractivity contribution is 4.85. The standard InChI is InChI=1S/C5H11NO/c1-5(2)4-7-6-3/h4,6H,1-3H3. The van der Waals surface area contributed by atoms with Crippen LogP contribution in [-0.2, 0) is 4.84 Å². The minimum atomic E-state index is 1.15. The Balaban J connectivity index is 3.08. The molecule has 0 bridgehead atoms. The number of allylic oxidation sites excluding steroid dienone is 1. The first-order valence-corrected chi connectivity index (χ1v) is 2.23. The number of hydroxylamine groups is 1. The lowest BCUT2D eigenvalue weighted by Gasteiger charge is -1.92. The van der Waals surface area contributed by atoms with Crippen molar-refractivity contribution in [3.63, 3.8) is 0 Å². The minimum absolute atomic E-state index is 1.15. The predicted molar refractivity (Wildman–Crippen MR) is 29.6 cm³/mol. The lowest BCUT2D eigenvalue weighted by Crippen LogP contribution is -2.00. The summed E-state index contributed by atoms with van der Waals surface area (Å²) in [5, 5.41) is 0. The summed E-state index contributed by atoms with van der Waals surface area (Å²) >= 11 is 0. The van der Waals surface area contributed by atoms with Gasteiger partial charge in [-0.1, -0.05) is 0 Å². The molecule has 0 atom stereocenters. The van der Waals surface area contributed by atoms with Gasteiger partial charge >= 0.3 is 0 Å². The van der Waals surface area contributed by atoms with Gasteiger partial charge < -0.3 is 4.84 Å². The summed E-state index contributed by atoms with van der Waals surface area (Å²) in [6.07, 6.45) is 1.65. The van der Waals surface area contributed by atoms with Crippen LogP contribution in [-0.4, -0.2) is 7.05 Å². The predicted octanol–water partition coefficient (Wildman–Crippen LogP) is 1.06. The van der Waals surface area contributed by atoms with E-state index in [1.165, 1.54) is 0 Å². The fourth-order valence-electron chi connectivity index (χ4n) is 0.177. The SMILES string of the molecule is CNOC=C(C)C. The zero-order valence-electron chi connectivity index (χ0n) is 4.99. The Kier molecular flexibility index (Phi) is 3.42. The van der Waals surface area contributed by atoms with E-state index < -0.39 is 0 Å². The first-order valence-electron chi connectivity index (χ1n) is 2.23. The molecular weight excluding hydrogens is 90.1 g/mol. The summed E-state index contributed by atoms with van der Waals surface area (Å²) in [7, 11) is 1.72. The molecule has 0 radical (unpaired) electrons. The molecule has 0 heterocycles. The van der Waals surface area contributed by atoms with Crippen molar-refractivity contribution in [2.24, 2.45) is 0 Å². The molecule has 1 N–H and O–H groups in total. The van der Waals surface area contributed by atoms with Crippen LogP contribution in [0, 0.1) is 0 Å². The average molecular weight is 101 g/mol. The molecule has 0 amide bonds. The van der Waals surface area contributed by atoms with E-state index in [-0.39, 0.29) is 0 Å². The summed E-state index contributed by atoms with van der Waals surface area (Å²) in [4.78, 5) is 4.68. The molecule has 0 fully saturated rings. The molecule has 0 aromatic heterocycles. The van der Waals surface area contributed by atoms with Crippen LogP contribution in [0.3, 0.4) is 0 Å². The van der Waals surface area contributed by atoms with Crippen LogP contribution in [0.15, 0.2) is 11.8 Å². The zero-order chi connectivity index (χ0) is 5.70. The van der Waals surface area contributed by atoms with E-state index in [4.69, 9.17) is 0 Å². The van der Waals surface area contributed by atoms with Crippen molar-refractivity contribution in [3.05, 3.63) is 11.8 Å². The Morgan fingerprint density at radius 1 is 1.57 bits per heavy atom. The second kappa shape index (κ2) is 3.68. The van der Waals surface area contributed by atoms with Crippen LogP contribution >= 0.6 is 0 Å². The van der Waals surface area contributed by atoms with Gasteiger partial charge in [-0.25, -0.2) is 0 Å². The van der Waals surface area contributed by atoms with Crippen molar-refractivity contribution < 1.29 is 4.84 Å². The normalized spacial score (nSPS) is 7.86. The summed E-state index contributed by atoms with van der Waals surface area (Å²) in [5.74, 6) is 0. The van der Waals surface area contributed by atoms with E-state index in [0.717, 1.165) is 5.57 Å². The Morgan fingerprint density at radius 2 is 2.14 bits per heavy atom. The largest absolute Gasteiger partial charge is 0.417 e. The quantitative estimate of drug-likeness (QED) is 0.415. The van der Waals surface area contributed by atoms with Crippen molar-refractivity contribution in [3.8, 4) is 0 Å². The number of nitrogens with one attached hydrogen (secondary N) is 1. The van der Waals surface area contributed by atoms with Crippen molar-refractivity contribution in [2.45, 2.75) is 13.8 Å². The summed E-state index contributed by atoms with van der Waals surface area (Å²) in [5.41, 5.74) is 3.67. The molecule has 0 spiro atoms. The third-order valence-electron chi connectivity index (χ3n) is 0.412. The van der Waals surface area contributed by atoms with Crippen LogP contribution in [0.4, 0.5) is 0 Å². The molecule has 0 unspecified atom stereocenters. The fourth-order valence-corrected chi connectivity index (χ4v) is 0.177. The van der Waals surface area contributed by atoms with Crippen molar-refractivity contribution in [1.29, 1.82) is 0 Å². The lowest BCUT2D eigenvalue weighted by molar-refractivity contribution is 0.156. The highest BCUT2D eigenvalue weighted by atomic mass is 16.6. The zero-order valence-corrected chi connectivity index (χ0v) is 4.99. The van der Waals surface area contributed by atoms with Crippen LogP contribution in [0.5, 0.6) is 0 Å². The molecule has 2 heteroatoms. The monoisotopic (exact) mass is 101 g/mol. The molecule has 0 saturated heterocycles. The van der Waals surface area contributed by atoms with Crippen molar-refractivity contribution in [1.82, 2.24) is 5.48 Å². The van der Waals surface area contributed by atoms with Crippen LogP contribution in [0.2, 0.25) is 0 Å². The maximum atomic E-state index is 4.68. The maximum absolute atomic E-state index is 4.68. The molecule has 7 heavy (non-hydrogen) atoms. The van der Waals surface area contributed by atoms with E-state index in [1.807, 2.05) is 13.8 Å². The molecule has 2 nitrogen and oxygen atoms in total. The van der Waals surface area contributed by atoms with Gasteiger partial charge in [0.05, 0.1) is 0 Å². The van der Waals surface area contributed by atoms with Crippen LogP contribution < -0.4 is 5.48 Å². The summed E-state index contributed by atoms with van der Waals surface area (Å²) < 4.78 is 0. The summed E-state index contributed by atoms with van der Waals surface area (Å²) in [6.45, 7) is 3.94. The minimum Gasteiger partial charge on any atom is -0.417 e. The van der Waals surface area contributed by atoms with E-state index in [0.29, 0.717) is 0 Å². The third-order valence-corrected chi connectivity index (χ3v) is 0.412. The Bertz CT molecular complexity index is 64.5. The second-order valence-electron chi connectivity index (χ2n) is 1.52. The Morgan fingerprint density at radius 3 is 2.29 bits per heavy atom. The smallest absolute Gasteiger partial charge is 0.109 e. The molecule has 0 aliphatic heterocycles. The van der Waals surface area contributed by atoms with Gasteiger partial charge in [0.2, 0.25) is 0 Å². The first-order chi connectivity index (χ1) is 3.27. The highest BCUT2D eigenvalue weighted by Crippen LogP contribution is 1.84. The van der Waals surface area contributed by atoms with Crippen LogP contribution in [0.1, 0.15) is 13.8 Å². The molecule has 0 aliphatic rings. The van der Waals surface area contributed by atoms with Gasteiger partial charge in [-0.15, -0.1) is 0 Å². The van der Waals surface area contributed by atoms with Gasteiger partial charge in [0.25, 0.3) is 0 Å². The number of hydrogen-bond donors (Lipinski definition) is 1. The third kappa shape index (κ3) is 5.50. The van der Waals surface area contributed by atoms with E-state index >= 15 is 0 Å². The average Bonchev–Trinajstić information content (AvgIpc) is 1.61. The highest BCUT2D eigenvalue weighted by Gasteiger charge is 1.71. The molecule has 0 aliphatic carbocycles. The van der Waals surface area contributed by atoms with E-state index in [1.54, 1.807) is 13.3 Å². The molecule has 0 saturated carbocycles. The van der Waals surface area contributed by atoms with Gasteiger partial charge in [-0.05, 0) is 19.4 Å². The van der Waals surface area contributed by atoms with Gasteiger partial charge in [0.1, 0.15) is 6.26 Å². The first kappa shape index (κ1) is 6.50.